The Bertz CT molecular complexity index is 744. The summed E-state index contributed by atoms with van der Waals surface area (Å²) in [6.45, 7) is 0. The average molecular weight is 253 g/mol. The Labute approximate surface area is 109 Å². The van der Waals surface area contributed by atoms with Gasteiger partial charge in [-0.3, -0.25) is 4.98 Å². The molecule has 0 radical (unpaired) electrons. The fourth-order valence-electron chi connectivity index (χ4n) is 1.81. The fraction of sp³-hybridized carbons (Fsp3) is 0. The van der Waals surface area contributed by atoms with Crippen molar-refractivity contribution in [1.29, 1.82) is 0 Å². The van der Waals surface area contributed by atoms with E-state index in [2.05, 4.69) is 20.3 Å². The number of hydrogen-bond donors (Lipinski definition) is 3. The molecule has 0 aliphatic rings. The first-order valence-corrected chi connectivity index (χ1v) is 5.66. The number of nitrogens with one attached hydrogen (secondary N) is 1. The molecule has 0 atom stereocenters. The summed E-state index contributed by atoms with van der Waals surface area (Å²) in [5.74, 6) is 0.914. The lowest BCUT2D eigenvalue weighted by atomic mass is 10.2. The lowest BCUT2D eigenvalue weighted by Crippen LogP contribution is -2.01. The van der Waals surface area contributed by atoms with Gasteiger partial charge < -0.3 is 16.2 Å². The molecule has 0 spiro atoms. The Hall–Kier alpha value is -2.89. The maximum absolute atomic E-state index is 9.45. The lowest BCUT2D eigenvalue weighted by Gasteiger charge is -2.09. The SMILES string of the molecule is Nc1nc(Nc2cccc(O)c2)c2cnccc2n1. The second-order valence-corrected chi connectivity index (χ2v) is 4.00. The third kappa shape index (κ3) is 2.23. The molecule has 3 aromatic rings. The van der Waals surface area contributed by atoms with Crippen LogP contribution in [0.5, 0.6) is 5.75 Å². The molecule has 4 N–H and O–H groups in total. The zero-order chi connectivity index (χ0) is 13.2. The zero-order valence-electron chi connectivity index (χ0n) is 9.91. The highest BCUT2D eigenvalue weighted by molar-refractivity contribution is 5.90. The van der Waals surface area contributed by atoms with Gasteiger partial charge in [0.05, 0.1) is 10.9 Å². The minimum Gasteiger partial charge on any atom is -0.508 e. The van der Waals surface area contributed by atoms with Gasteiger partial charge in [0.25, 0.3) is 0 Å². The molecule has 19 heavy (non-hydrogen) atoms. The van der Waals surface area contributed by atoms with Gasteiger partial charge in [0.2, 0.25) is 5.95 Å². The minimum atomic E-state index is 0.175. The molecular weight excluding hydrogens is 242 g/mol. The van der Waals surface area contributed by atoms with Crippen LogP contribution in [0.3, 0.4) is 0 Å². The number of nitrogens with zero attached hydrogens (tertiary/aromatic N) is 3. The molecule has 1 aromatic carbocycles. The summed E-state index contributed by atoms with van der Waals surface area (Å²) in [5, 5.41) is 13.3. The van der Waals surface area contributed by atoms with E-state index in [1.807, 2.05) is 6.07 Å². The number of nitrogen functional groups attached to an aromatic ring is 1. The molecule has 0 aliphatic heterocycles. The maximum atomic E-state index is 9.45. The van der Waals surface area contributed by atoms with Crippen LogP contribution in [-0.2, 0) is 0 Å². The van der Waals surface area contributed by atoms with Gasteiger partial charge in [0, 0.05) is 24.1 Å². The van der Waals surface area contributed by atoms with Crippen molar-refractivity contribution in [3.63, 3.8) is 0 Å². The molecule has 6 heteroatoms. The van der Waals surface area contributed by atoms with E-state index in [0.29, 0.717) is 17.0 Å². The number of hydrogen-bond acceptors (Lipinski definition) is 6. The number of nitrogens with two attached hydrogens (primary N) is 1. The third-order valence-electron chi connectivity index (χ3n) is 2.62. The Morgan fingerprint density at radius 3 is 2.89 bits per heavy atom. The summed E-state index contributed by atoms with van der Waals surface area (Å²) in [5.41, 5.74) is 7.10. The highest BCUT2D eigenvalue weighted by Gasteiger charge is 2.06. The second-order valence-electron chi connectivity index (χ2n) is 4.00. The second kappa shape index (κ2) is 4.41. The van der Waals surface area contributed by atoms with Gasteiger partial charge >= 0.3 is 0 Å². The molecule has 0 aliphatic carbocycles. The van der Waals surface area contributed by atoms with Crippen molar-refractivity contribution in [3.8, 4) is 5.75 Å². The van der Waals surface area contributed by atoms with Crippen molar-refractivity contribution in [2.24, 2.45) is 0 Å². The number of aromatic nitrogens is 3. The first kappa shape index (κ1) is 11.2. The molecular formula is C13H11N5O. The van der Waals surface area contributed by atoms with Crippen molar-refractivity contribution in [2.75, 3.05) is 11.1 Å². The van der Waals surface area contributed by atoms with Crippen LogP contribution in [-0.4, -0.2) is 20.1 Å². The monoisotopic (exact) mass is 253 g/mol. The quantitative estimate of drug-likeness (QED) is 0.646. The van der Waals surface area contributed by atoms with E-state index in [-0.39, 0.29) is 11.7 Å². The normalized spacial score (nSPS) is 10.5. The summed E-state index contributed by atoms with van der Waals surface area (Å²) in [7, 11) is 0. The predicted octanol–water partition coefficient (Wildman–Crippen LogP) is 2.06. The van der Waals surface area contributed by atoms with Crippen LogP contribution < -0.4 is 11.1 Å². The fourth-order valence-corrected chi connectivity index (χ4v) is 1.81. The summed E-state index contributed by atoms with van der Waals surface area (Å²) < 4.78 is 0. The Kier molecular flexibility index (Phi) is 2.60. The van der Waals surface area contributed by atoms with Gasteiger partial charge in [-0.15, -0.1) is 0 Å². The van der Waals surface area contributed by atoms with Crippen molar-refractivity contribution >= 4 is 28.4 Å². The summed E-state index contributed by atoms with van der Waals surface area (Å²) in [6, 6.07) is 8.52. The van der Waals surface area contributed by atoms with Gasteiger partial charge in [0.15, 0.2) is 0 Å². The van der Waals surface area contributed by atoms with E-state index in [1.54, 1.807) is 36.7 Å². The summed E-state index contributed by atoms with van der Waals surface area (Å²) >= 11 is 0. The van der Waals surface area contributed by atoms with Crippen LogP contribution in [0.4, 0.5) is 17.5 Å². The molecule has 0 amide bonds. The number of benzene rings is 1. The highest BCUT2D eigenvalue weighted by Crippen LogP contribution is 2.25. The van der Waals surface area contributed by atoms with Crippen LogP contribution in [0.1, 0.15) is 0 Å². The average Bonchev–Trinajstić information content (AvgIpc) is 2.38. The topological polar surface area (TPSA) is 97.0 Å². The van der Waals surface area contributed by atoms with Gasteiger partial charge in [-0.2, -0.15) is 4.98 Å². The number of phenols is 1. The zero-order valence-corrected chi connectivity index (χ0v) is 9.91. The Morgan fingerprint density at radius 2 is 2.05 bits per heavy atom. The first-order chi connectivity index (χ1) is 9.22. The molecule has 94 valence electrons. The van der Waals surface area contributed by atoms with Crippen molar-refractivity contribution in [3.05, 3.63) is 42.7 Å². The standard InChI is InChI=1S/C13H11N5O/c14-13-17-11-4-5-15-7-10(11)12(18-13)16-8-2-1-3-9(19)6-8/h1-7,19H,(H3,14,16,17,18). The van der Waals surface area contributed by atoms with Crippen LogP contribution in [0, 0.1) is 0 Å². The van der Waals surface area contributed by atoms with Gasteiger partial charge in [-0.05, 0) is 18.2 Å². The number of aromatic hydroxyl groups is 1. The molecule has 0 bridgehead atoms. The molecule has 6 nitrogen and oxygen atoms in total. The van der Waals surface area contributed by atoms with Crippen LogP contribution in [0.25, 0.3) is 10.9 Å². The Balaban J connectivity index is 2.09. The molecule has 3 rings (SSSR count). The van der Waals surface area contributed by atoms with Crippen LogP contribution in [0.2, 0.25) is 0 Å². The molecule has 0 saturated heterocycles. The highest BCUT2D eigenvalue weighted by atomic mass is 16.3. The number of rotatable bonds is 2. The van der Waals surface area contributed by atoms with Crippen molar-refractivity contribution < 1.29 is 5.11 Å². The smallest absolute Gasteiger partial charge is 0.222 e. The van der Waals surface area contributed by atoms with E-state index in [0.717, 1.165) is 5.39 Å². The number of phenolic OH excluding ortho intramolecular Hbond substituents is 1. The van der Waals surface area contributed by atoms with Crippen LogP contribution in [0.15, 0.2) is 42.7 Å². The number of fused-ring (bicyclic) bond motifs is 1. The van der Waals surface area contributed by atoms with Crippen molar-refractivity contribution in [2.45, 2.75) is 0 Å². The van der Waals surface area contributed by atoms with Crippen LogP contribution >= 0.6 is 0 Å². The van der Waals surface area contributed by atoms with E-state index in [1.165, 1.54) is 0 Å². The molecule has 2 heterocycles. The lowest BCUT2D eigenvalue weighted by molar-refractivity contribution is 0.475. The predicted molar refractivity (Wildman–Crippen MR) is 73.1 cm³/mol. The van der Waals surface area contributed by atoms with Gasteiger partial charge in [-0.25, -0.2) is 4.98 Å². The van der Waals surface area contributed by atoms with Gasteiger partial charge in [-0.1, -0.05) is 6.07 Å². The maximum Gasteiger partial charge on any atom is 0.222 e. The Morgan fingerprint density at radius 1 is 1.16 bits per heavy atom. The van der Waals surface area contributed by atoms with Crippen molar-refractivity contribution in [1.82, 2.24) is 15.0 Å². The van der Waals surface area contributed by atoms with Gasteiger partial charge in [0.1, 0.15) is 11.6 Å². The van der Waals surface area contributed by atoms with E-state index < -0.39 is 0 Å². The van der Waals surface area contributed by atoms with E-state index in [4.69, 9.17) is 5.73 Å². The number of pyridine rings is 1. The molecule has 0 saturated carbocycles. The summed E-state index contributed by atoms with van der Waals surface area (Å²) in [4.78, 5) is 12.3. The third-order valence-corrected chi connectivity index (χ3v) is 2.62. The van der Waals surface area contributed by atoms with E-state index in [9.17, 15) is 5.11 Å². The number of anilines is 3. The largest absolute Gasteiger partial charge is 0.508 e. The minimum absolute atomic E-state index is 0.175. The first-order valence-electron chi connectivity index (χ1n) is 5.66. The van der Waals surface area contributed by atoms with E-state index >= 15 is 0 Å². The molecule has 0 fully saturated rings. The molecule has 0 unspecified atom stereocenters. The summed E-state index contributed by atoms with van der Waals surface area (Å²) in [6.07, 6.45) is 3.31. The molecule has 2 aromatic heterocycles.